The SMILES string of the molecule is Cc1c(-c2cccs2)nc2ccc(Cl)cc2c1-c1ccccc1.Cl. The fourth-order valence-electron chi connectivity index (χ4n) is 2.96. The van der Waals surface area contributed by atoms with Crippen LogP contribution >= 0.6 is 35.3 Å². The first-order valence-electron chi connectivity index (χ1n) is 7.43. The molecule has 0 bridgehead atoms. The van der Waals surface area contributed by atoms with Crippen LogP contribution in [0.3, 0.4) is 0 Å². The van der Waals surface area contributed by atoms with Crippen molar-refractivity contribution in [2.24, 2.45) is 0 Å². The highest BCUT2D eigenvalue weighted by atomic mass is 35.5. The third-order valence-corrected chi connectivity index (χ3v) is 5.12. The second kappa shape index (κ2) is 6.94. The molecule has 4 heteroatoms. The molecular formula is C20H15Cl2NS. The Bertz CT molecular complexity index is 980. The van der Waals surface area contributed by atoms with Gasteiger partial charge in [0.25, 0.3) is 0 Å². The zero-order valence-corrected chi connectivity index (χ0v) is 15.4. The molecule has 2 aromatic heterocycles. The van der Waals surface area contributed by atoms with E-state index in [1.807, 2.05) is 24.3 Å². The Labute approximate surface area is 156 Å². The minimum atomic E-state index is 0. The Morgan fingerprint density at radius 1 is 0.958 bits per heavy atom. The second-order valence-corrected chi connectivity index (χ2v) is 6.85. The smallest absolute Gasteiger partial charge is 0.0844 e. The van der Waals surface area contributed by atoms with Gasteiger partial charge in [-0.15, -0.1) is 23.7 Å². The molecule has 2 aromatic carbocycles. The molecule has 0 fully saturated rings. The Morgan fingerprint density at radius 3 is 2.46 bits per heavy atom. The van der Waals surface area contributed by atoms with Crippen LogP contribution < -0.4 is 0 Å². The van der Waals surface area contributed by atoms with Crippen molar-refractivity contribution in [1.29, 1.82) is 0 Å². The van der Waals surface area contributed by atoms with Gasteiger partial charge in [-0.3, -0.25) is 0 Å². The van der Waals surface area contributed by atoms with Gasteiger partial charge in [0.1, 0.15) is 0 Å². The van der Waals surface area contributed by atoms with Crippen LogP contribution in [0.25, 0.3) is 32.6 Å². The number of aromatic nitrogens is 1. The quantitative estimate of drug-likeness (QED) is 0.369. The van der Waals surface area contributed by atoms with Crippen LogP contribution in [-0.2, 0) is 0 Å². The molecule has 0 aliphatic rings. The summed E-state index contributed by atoms with van der Waals surface area (Å²) in [6.07, 6.45) is 0. The van der Waals surface area contributed by atoms with Crippen molar-refractivity contribution in [3.05, 3.63) is 76.6 Å². The van der Waals surface area contributed by atoms with Crippen LogP contribution in [0.5, 0.6) is 0 Å². The van der Waals surface area contributed by atoms with E-state index < -0.39 is 0 Å². The van der Waals surface area contributed by atoms with Gasteiger partial charge in [-0.1, -0.05) is 48.0 Å². The summed E-state index contributed by atoms with van der Waals surface area (Å²) in [6, 6.07) is 20.5. The Kier molecular flexibility index (Phi) is 4.91. The van der Waals surface area contributed by atoms with Crippen molar-refractivity contribution in [1.82, 2.24) is 4.98 Å². The molecule has 4 aromatic rings. The summed E-state index contributed by atoms with van der Waals surface area (Å²) >= 11 is 7.96. The van der Waals surface area contributed by atoms with E-state index in [0.29, 0.717) is 0 Å². The maximum absolute atomic E-state index is 6.24. The molecule has 0 N–H and O–H groups in total. The molecule has 0 saturated heterocycles. The normalized spacial score (nSPS) is 10.6. The Morgan fingerprint density at radius 2 is 1.75 bits per heavy atom. The second-order valence-electron chi connectivity index (χ2n) is 5.47. The summed E-state index contributed by atoms with van der Waals surface area (Å²) in [5.74, 6) is 0. The minimum absolute atomic E-state index is 0. The molecule has 2 heterocycles. The maximum Gasteiger partial charge on any atom is 0.0844 e. The van der Waals surface area contributed by atoms with Gasteiger partial charge < -0.3 is 0 Å². The van der Waals surface area contributed by atoms with Gasteiger partial charge in [0.2, 0.25) is 0 Å². The summed E-state index contributed by atoms with van der Waals surface area (Å²) in [4.78, 5) is 6.09. The Balaban J connectivity index is 0.00000169. The lowest BCUT2D eigenvalue weighted by Crippen LogP contribution is -1.94. The summed E-state index contributed by atoms with van der Waals surface area (Å²) in [5.41, 5.74) is 5.61. The molecule has 120 valence electrons. The lowest BCUT2D eigenvalue weighted by molar-refractivity contribution is 1.34. The van der Waals surface area contributed by atoms with Gasteiger partial charge in [-0.2, -0.15) is 0 Å². The average molecular weight is 372 g/mol. The van der Waals surface area contributed by atoms with E-state index in [1.165, 1.54) is 21.6 Å². The summed E-state index contributed by atoms with van der Waals surface area (Å²) < 4.78 is 0. The monoisotopic (exact) mass is 371 g/mol. The van der Waals surface area contributed by atoms with Crippen molar-refractivity contribution in [3.63, 3.8) is 0 Å². The predicted molar refractivity (Wildman–Crippen MR) is 107 cm³/mol. The molecule has 0 radical (unpaired) electrons. The molecule has 4 rings (SSSR count). The van der Waals surface area contributed by atoms with Crippen LogP contribution in [-0.4, -0.2) is 4.98 Å². The summed E-state index contributed by atoms with van der Waals surface area (Å²) in [7, 11) is 0. The number of fused-ring (bicyclic) bond motifs is 1. The number of hydrogen-bond acceptors (Lipinski definition) is 2. The zero-order chi connectivity index (χ0) is 15.8. The number of nitrogens with zero attached hydrogens (tertiary/aromatic N) is 1. The van der Waals surface area contributed by atoms with E-state index in [0.717, 1.165) is 21.6 Å². The highest BCUT2D eigenvalue weighted by molar-refractivity contribution is 7.13. The number of halogens is 2. The number of rotatable bonds is 2. The molecule has 1 nitrogen and oxygen atoms in total. The largest absolute Gasteiger partial charge is 0.247 e. The average Bonchev–Trinajstić information content (AvgIpc) is 3.09. The first kappa shape index (κ1) is 17.0. The summed E-state index contributed by atoms with van der Waals surface area (Å²) in [5, 5.41) is 3.92. The highest BCUT2D eigenvalue weighted by Crippen LogP contribution is 2.38. The van der Waals surface area contributed by atoms with Crippen LogP contribution in [0.1, 0.15) is 5.56 Å². The predicted octanol–water partition coefficient (Wildman–Crippen LogP) is 7.01. The summed E-state index contributed by atoms with van der Waals surface area (Å²) in [6.45, 7) is 2.14. The Hall–Kier alpha value is -1.87. The molecule has 0 spiro atoms. The molecule has 0 atom stereocenters. The topological polar surface area (TPSA) is 12.9 Å². The molecular weight excluding hydrogens is 357 g/mol. The van der Waals surface area contributed by atoms with Gasteiger partial charge in [-0.05, 0) is 53.3 Å². The molecule has 24 heavy (non-hydrogen) atoms. The van der Waals surface area contributed by atoms with E-state index in [9.17, 15) is 0 Å². The number of hydrogen-bond donors (Lipinski definition) is 0. The molecule has 0 aliphatic heterocycles. The molecule has 0 saturated carbocycles. The van der Waals surface area contributed by atoms with Gasteiger partial charge in [-0.25, -0.2) is 4.98 Å². The lowest BCUT2D eigenvalue weighted by Gasteiger charge is -2.14. The lowest BCUT2D eigenvalue weighted by atomic mass is 9.94. The third-order valence-electron chi connectivity index (χ3n) is 4.01. The van der Waals surface area contributed by atoms with Crippen LogP contribution in [0, 0.1) is 6.92 Å². The molecule has 0 unspecified atom stereocenters. The van der Waals surface area contributed by atoms with Crippen LogP contribution in [0.2, 0.25) is 5.02 Å². The highest BCUT2D eigenvalue weighted by Gasteiger charge is 2.15. The first-order valence-corrected chi connectivity index (χ1v) is 8.69. The third kappa shape index (κ3) is 2.93. The van der Waals surface area contributed by atoms with Crippen LogP contribution in [0.4, 0.5) is 0 Å². The van der Waals surface area contributed by atoms with Gasteiger partial charge in [0.15, 0.2) is 0 Å². The molecule has 0 amide bonds. The van der Waals surface area contributed by atoms with Crippen molar-refractivity contribution in [3.8, 4) is 21.7 Å². The van der Waals surface area contributed by atoms with E-state index >= 15 is 0 Å². The fraction of sp³-hybridized carbons (Fsp3) is 0.0500. The van der Waals surface area contributed by atoms with Crippen molar-refractivity contribution >= 4 is 46.2 Å². The van der Waals surface area contributed by atoms with Crippen molar-refractivity contribution in [2.75, 3.05) is 0 Å². The van der Waals surface area contributed by atoms with Crippen molar-refractivity contribution < 1.29 is 0 Å². The van der Waals surface area contributed by atoms with E-state index in [-0.39, 0.29) is 12.4 Å². The molecule has 0 aliphatic carbocycles. The standard InChI is InChI=1S/C20H14ClNS.ClH/c1-13-19(14-6-3-2-4-7-14)16-12-15(21)9-10-17(16)22-20(13)18-8-5-11-23-18;/h2-12H,1H3;1H. The fourth-order valence-corrected chi connectivity index (χ4v) is 3.90. The van der Waals surface area contributed by atoms with Crippen LogP contribution in [0.15, 0.2) is 66.0 Å². The zero-order valence-electron chi connectivity index (χ0n) is 13.0. The van der Waals surface area contributed by atoms with Gasteiger partial charge in [0.05, 0.1) is 16.1 Å². The minimum Gasteiger partial charge on any atom is -0.247 e. The van der Waals surface area contributed by atoms with Gasteiger partial charge in [0, 0.05) is 10.4 Å². The van der Waals surface area contributed by atoms with E-state index in [2.05, 4.69) is 48.7 Å². The number of benzene rings is 2. The van der Waals surface area contributed by atoms with E-state index in [4.69, 9.17) is 16.6 Å². The first-order chi connectivity index (χ1) is 11.2. The maximum atomic E-state index is 6.24. The van der Waals surface area contributed by atoms with Crippen molar-refractivity contribution in [2.45, 2.75) is 6.92 Å². The van der Waals surface area contributed by atoms with E-state index in [1.54, 1.807) is 11.3 Å². The number of thiophene rings is 1. The number of pyridine rings is 1. The van der Waals surface area contributed by atoms with Gasteiger partial charge >= 0.3 is 0 Å².